The first-order valence-corrected chi connectivity index (χ1v) is 6.51. The summed E-state index contributed by atoms with van der Waals surface area (Å²) in [6.45, 7) is 3.08. The van der Waals surface area contributed by atoms with Gasteiger partial charge in [-0.05, 0) is 18.2 Å². The highest BCUT2D eigenvalue weighted by molar-refractivity contribution is 5.81. The molecular formula is C14H17FN4O. The van der Waals surface area contributed by atoms with Crippen molar-refractivity contribution in [3.05, 3.63) is 29.6 Å². The van der Waals surface area contributed by atoms with Gasteiger partial charge in [-0.3, -0.25) is 4.79 Å². The monoisotopic (exact) mass is 276 g/mol. The van der Waals surface area contributed by atoms with Gasteiger partial charge in [-0.25, -0.2) is 4.39 Å². The molecule has 1 aromatic carbocycles. The van der Waals surface area contributed by atoms with Crippen LogP contribution in [0.4, 0.5) is 10.1 Å². The minimum Gasteiger partial charge on any atom is -0.363 e. The van der Waals surface area contributed by atoms with Crippen molar-refractivity contribution in [2.75, 3.05) is 44.7 Å². The zero-order valence-corrected chi connectivity index (χ0v) is 11.4. The Labute approximate surface area is 117 Å². The van der Waals surface area contributed by atoms with Gasteiger partial charge in [0.15, 0.2) is 0 Å². The van der Waals surface area contributed by atoms with E-state index in [0.29, 0.717) is 18.8 Å². The molecule has 0 spiro atoms. The number of halogens is 1. The maximum atomic E-state index is 13.9. The lowest BCUT2D eigenvalue weighted by molar-refractivity contribution is -0.130. The van der Waals surface area contributed by atoms with E-state index in [1.54, 1.807) is 22.9 Å². The van der Waals surface area contributed by atoms with Crippen LogP contribution in [0, 0.1) is 17.1 Å². The van der Waals surface area contributed by atoms with Gasteiger partial charge >= 0.3 is 0 Å². The molecule has 1 aliphatic rings. The summed E-state index contributed by atoms with van der Waals surface area (Å²) in [6, 6.07) is 6.14. The van der Waals surface area contributed by atoms with Crippen LogP contribution in [-0.2, 0) is 4.79 Å². The Morgan fingerprint density at radius 2 is 2.20 bits per heavy atom. The lowest BCUT2D eigenvalue weighted by Gasteiger charge is -2.29. The number of anilines is 1. The molecule has 1 aliphatic heterocycles. The number of rotatable bonds is 3. The number of benzene rings is 1. The van der Waals surface area contributed by atoms with E-state index in [0.717, 1.165) is 13.1 Å². The molecule has 20 heavy (non-hydrogen) atoms. The molecule has 0 atom stereocenters. The molecule has 106 valence electrons. The highest BCUT2D eigenvalue weighted by atomic mass is 19.1. The van der Waals surface area contributed by atoms with E-state index in [9.17, 15) is 9.18 Å². The summed E-state index contributed by atoms with van der Waals surface area (Å²) in [6.07, 6.45) is 0. The van der Waals surface area contributed by atoms with Crippen molar-refractivity contribution in [1.29, 1.82) is 5.26 Å². The Hall–Kier alpha value is -2.13. The van der Waals surface area contributed by atoms with Crippen molar-refractivity contribution in [2.24, 2.45) is 0 Å². The number of nitrogens with zero attached hydrogens (tertiary/aromatic N) is 3. The molecule has 0 radical (unpaired) electrons. The fourth-order valence-corrected chi connectivity index (χ4v) is 2.19. The van der Waals surface area contributed by atoms with Crippen molar-refractivity contribution in [1.82, 2.24) is 10.2 Å². The molecule has 0 saturated carbocycles. The van der Waals surface area contributed by atoms with Crippen molar-refractivity contribution in [3.63, 3.8) is 0 Å². The van der Waals surface area contributed by atoms with Gasteiger partial charge in [0, 0.05) is 33.2 Å². The van der Waals surface area contributed by atoms with Crippen LogP contribution in [0.15, 0.2) is 18.2 Å². The number of carbonyl (C=O) groups is 1. The van der Waals surface area contributed by atoms with Crippen LogP contribution in [0.2, 0.25) is 0 Å². The van der Waals surface area contributed by atoms with E-state index >= 15 is 0 Å². The van der Waals surface area contributed by atoms with Gasteiger partial charge in [0.05, 0.1) is 23.9 Å². The fraction of sp³-hybridized carbons (Fsp3) is 0.429. The maximum Gasteiger partial charge on any atom is 0.242 e. The smallest absolute Gasteiger partial charge is 0.242 e. The summed E-state index contributed by atoms with van der Waals surface area (Å²) in [4.78, 5) is 15.4. The molecule has 2 rings (SSSR count). The lowest BCUT2D eigenvalue weighted by atomic mass is 10.2. The number of carbonyl (C=O) groups excluding carboxylic acids is 1. The molecule has 1 heterocycles. The Balaban J connectivity index is 2.02. The van der Waals surface area contributed by atoms with E-state index in [1.165, 1.54) is 12.1 Å². The standard InChI is InChI=1S/C14H17FN4O/c1-18(10-14(20)19-6-4-17-5-7-19)13-3-2-11(9-16)8-12(13)15/h2-3,8,17H,4-7,10H2,1H3. The number of piperazine rings is 1. The predicted molar refractivity (Wildman–Crippen MR) is 73.8 cm³/mol. The average molecular weight is 276 g/mol. The van der Waals surface area contributed by atoms with Crippen LogP contribution in [0.5, 0.6) is 0 Å². The third-order valence-corrected chi connectivity index (χ3v) is 3.33. The summed E-state index contributed by atoms with van der Waals surface area (Å²) in [5.41, 5.74) is 0.598. The quantitative estimate of drug-likeness (QED) is 0.876. The van der Waals surface area contributed by atoms with Crippen LogP contribution >= 0.6 is 0 Å². The van der Waals surface area contributed by atoms with Crippen molar-refractivity contribution >= 4 is 11.6 Å². The predicted octanol–water partition coefficient (Wildman–Crippen LogP) is 0.565. The van der Waals surface area contributed by atoms with Crippen molar-refractivity contribution < 1.29 is 9.18 Å². The van der Waals surface area contributed by atoms with Crippen LogP contribution in [0.25, 0.3) is 0 Å². The molecule has 0 aromatic heterocycles. The molecule has 5 nitrogen and oxygen atoms in total. The van der Waals surface area contributed by atoms with Crippen molar-refractivity contribution in [2.45, 2.75) is 0 Å². The molecule has 0 aliphatic carbocycles. The first-order chi connectivity index (χ1) is 9.61. The minimum atomic E-state index is -0.486. The normalized spacial score (nSPS) is 14.8. The highest BCUT2D eigenvalue weighted by Crippen LogP contribution is 2.19. The third-order valence-electron chi connectivity index (χ3n) is 3.33. The van der Waals surface area contributed by atoms with Gasteiger partial charge in [-0.2, -0.15) is 5.26 Å². The summed E-state index contributed by atoms with van der Waals surface area (Å²) in [5.74, 6) is -0.502. The number of hydrogen-bond donors (Lipinski definition) is 1. The second kappa shape index (κ2) is 6.35. The van der Waals surface area contributed by atoms with Crippen LogP contribution < -0.4 is 10.2 Å². The SMILES string of the molecule is CN(CC(=O)N1CCNCC1)c1ccc(C#N)cc1F. The second-order valence-corrected chi connectivity index (χ2v) is 4.76. The molecule has 0 bridgehead atoms. The van der Waals surface area contributed by atoms with Crippen LogP contribution in [-0.4, -0.2) is 50.6 Å². The Morgan fingerprint density at radius 1 is 1.50 bits per heavy atom. The molecule has 0 unspecified atom stereocenters. The average Bonchev–Trinajstić information content (AvgIpc) is 2.47. The van der Waals surface area contributed by atoms with E-state index in [4.69, 9.17) is 5.26 Å². The number of hydrogen-bond acceptors (Lipinski definition) is 4. The van der Waals surface area contributed by atoms with Crippen molar-refractivity contribution in [3.8, 4) is 6.07 Å². The summed E-state index contributed by atoms with van der Waals surface area (Å²) in [5, 5.41) is 11.9. The van der Waals surface area contributed by atoms with Gasteiger partial charge in [0.2, 0.25) is 5.91 Å². The van der Waals surface area contributed by atoms with Gasteiger partial charge in [0.1, 0.15) is 5.82 Å². The fourth-order valence-electron chi connectivity index (χ4n) is 2.19. The van der Waals surface area contributed by atoms with Gasteiger partial charge in [-0.1, -0.05) is 0 Å². The van der Waals surface area contributed by atoms with Crippen LogP contribution in [0.3, 0.4) is 0 Å². The number of likely N-dealkylation sites (N-methyl/N-ethyl adjacent to an activating group) is 1. The molecule has 1 fully saturated rings. The lowest BCUT2D eigenvalue weighted by Crippen LogP contribution is -2.49. The van der Waals surface area contributed by atoms with Gasteiger partial charge in [-0.15, -0.1) is 0 Å². The Kier molecular flexibility index (Phi) is 4.53. The first kappa shape index (κ1) is 14.3. The summed E-state index contributed by atoms with van der Waals surface area (Å²) in [7, 11) is 1.67. The zero-order valence-electron chi connectivity index (χ0n) is 11.4. The first-order valence-electron chi connectivity index (χ1n) is 6.51. The zero-order chi connectivity index (χ0) is 14.5. The van der Waals surface area contributed by atoms with E-state index in [1.807, 2.05) is 6.07 Å². The molecule has 1 saturated heterocycles. The van der Waals surface area contributed by atoms with Gasteiger partial charge < -0.3 is 15.1 Å². The third kappa shape index (κ3) is 3.25. The maximum absolute atomic E-state index is 13.9. The largest absolute Gasteiger partial charge is 0.363 e. The van der Waals surface area contributed by atoms with Crippen LogP contribution in [0.1, 0.15) is 5.56 Å². The number of nitrogens with one attached hydrogen (secondary N) is 1. The van der Waals surface area contributed by atoms with E-state index in [-0.39, 0.29) is 18.0 Å². The summed E-state index contributed by atoms with van der Waals surface area (Å²) >= 11 is 0. The van der Waals surface area contributed by atoms with Gasteiger partial charge in [0.25, 0.3) is 0 Å². The topological polar surface area (TPSA) is 59.4 Å². The second-order valence-electron chi connectivity index (χ2n) is 4.76. The molecule has 1 aromatic rings. The van der Waals surface area contributed by atoms with E-state index < -0.39 is 5.82 Å². The van der Waals surface area contributed by atoms with E-state index in [2.05, 4.69) is 5.32 Å². The Morgan fingerprint density at radius 3 is 2.80 bits per heavy atom. The number of nitriles is 1. The molecule has 1 amide bonds. The minimum absolute atomic E-state index is 0.0160. The Bertz CT molecular complexity index is 534. The number of amides is 1. The molecular weight excluding hydrogens is 259 g/mol. The highest BCUT2D eigenvalue weighted by Gasteiger charge is 2.19. The molecule has 1 N–H and O–H groups in total. The summed E-state index contributed by atoms with van der Waals surface area (Å²) < 4.78 is 13.9. The molecule has 6 heteroatoms.